The van der Waals surface area contributed by atoms with E-state index < -0.39 is 19.1 Å². The topological polar surface area (TPSA) is 47.6 Å². The molecule has 0 fully saturated rings. The second-order valence-electron chi connectivity index (χ2n) is 4.26. The van der Waals surface area contributed by atoms with E-state index in [4.69, 9.17) is 27.9 Å². The number of halogens is 4. The van der Waals surface area contributed by atoms with Crippen molar-refractivity contribution >= 4 is 34.8 Å². The van der Waals surface area contributed by atoms with Gasteiger partial charge < -0.3 is 14.8 Å². The summed E-state index contributed by atoms with van der Waals surface area (Å²) in [4.78, 5) is 11.9. The largest absolute Gasteiger partial charge is 0.481 e. The number of anilines is 1. The summed E-state index contributed by atoms with van der Waals surface area (Å²) in [6.45, 7) is -3.39. The lowest BCUT2D eigenvalue weighted by Gasteiger charge is -2.13. The number of amides is 1. The molecule has 0 atom stereocenters. The monoisotopic (exact) mass is 361 g/mol. The van der Waals surface area contributed by atoms with E-state index in [0.29, 0.717) is 0 Å². The number of carbonyl (C=O) groups is 1. The Morgan fingerprint density at radius 1 is 1.09 bits per heavy atom. The minimum absolute atomic E-state index is 0.103. The summed E-state index contributed by atoms with van der Waals surface area (Å²) in [6, 6.07) is 10.6. The number of ether oxygens (including phenoxy) is 2. The molecule has 1 amide bonds. The minimum atomic E-state index is -2.99. The fraction of sp³-hybridized carbons (Fsp3) is 0.133. The highest BCUT2D eigenvalue weighted by Crippen LogP contribution is 2.32. The number of hydrogen-bond donors (Lipinski definition) is 1. The van der Waals surface area contributed by atoms with E-state index in [0.717, 1.165) is 0 Å². The maximum absolute atomic E-state index is 12.3. The van der Waals surface area contributed by atoms with Crippen molar-refractivity contribution in [1.29, 1.82) is 0 Å². The van der Waals surface area contributed by atoms with Crippen molar-refractivity contribution in [3.8, 4) is 11.5 Å². The Kier molecular flexibility index (Phi) is 6.01. The lowest BCUT2D eigenvalue weighted by atomic mass is 10.3. The molecule has 0 radical (unpaired) electrons. The van der Waals surface area contributed by atoms with Crippen molar-refractivity contribution in [3.63, 3.8) is 0 Å². The van der Waals surface area contributed by atoms with Gasteiger partial charge in [0.1, 0.15) is 5.75 Å². The van der Waals surface area contributed by atoms with Gasteiger partial charge in [-0.3, -0.25) is 4.79 Å². The maximum Gasteiger partial charge on any atom is 0.387 e. The van der Waals surface area contributed by atoms with Crippen LogP contribution in [0.5, 0.6) is 11.5 Å². The van der Waals surface area contributed by atoms with Crippen LogP contribution in [0.3, 0.4) is 0 Å². The van der Waals surface area contributed by atoms with E-state index in [-0.39, 0.29) is 27.2 Å². The van der Waals surface area contributed by atoms with Gasteiger partial charge in [0.15, 0.2) is 12.4 Å². The van der Waals surface area contributed by atoms with Crippen LogP contribution in [0.4, 0.5) is 14.5 Å². The van der Waals surface area contributed by atoms with Gasteiger partial charge in [-0.05, 0) is 24.3 Å². The van der Waals surface area contributed by atoms with E-state index >= 15 is 0 Å². The number of para-hydroxylation sites is 3. The number of rotatable bonds is 6. The van der Waals surface area contributed by atoms with Crippen LogP contribution in [0.1, 0.15) is 0 Å². The molecule has 0 spiro atoms. The third kappa shape index (κ3) is 4.97. The Labute approximate surface area is 140 Å². The SMILES string of the molecule is O=C(COc1c(Cl)cccc1Cl)Nc1ccccc1OC(F)F. The van der Waals surface area contributed by atoms with E-state index in [1.807, 2.05) is 0 Å². The average Bonchev–Trinajstić information content (AvgIpc) is 2.48. The first-order valence-electron chi connectivity index (χ1n) is 6.38. The zero-order valence-electron chi connectivity index (χ0n) is 11.6. The molecule has 0 aromatic heterocycles. The van der Waals surface area contributed by atoms with Crippen LogP contribution in [0.2, 0.25) is 10.0 Å². The first kappa shape index (κ1) is 17.3. The van der Waals surface area contributed by atoms with Crippen LogP contribution in [-0.4, -0.2) is 19.1 Å². The summed E-state index contributed by atoms with van der Waals surface area (Å²) in [5.41, 5.74) is 0.103. The Bertz CT molecular complexity index is 678. The fourth-order valence-electron chi connectivity index (χ4n) is 1.71. The van der Waals surface area contributed by atoms with Crippen molar-refractivity contribution in [2.45, 2.75) is 6.61 Å². The first-order chi connectivity index (χ1) is 11.0. The molecule has 0 aliphatic heterocycles. The van der Waals surface area contributed by atoms with Crippen molar-refractivity contribution in [2.75, 3.05) is 11.9 Å². The normalized spacial score (nSPS) is 10.5. The molecule has 2 aromatic carbocycles. The molecule has 0 bridgehead atoms. The van der Waals surface area contributed by atoms with Gasteiger partial charge in [-0.25, -0.2) is 0 Å². The zero-order valence-corrected chi connectivity index (χ0v) is 13.1. The second-order valence-corrected chi connectivity index (χ2v) is 5.08. The van der Waals surface area contributed by atoms with Gasteiger partial charge in [0.25, 0.3) is 5.91 Å². The van der Waals surface area contributed by atoms with Crippen LogP contribution in [0.15, 0.2) is 42.5 Å². The van der Waals surface area contributed by atoms with Gasteiger partial charge in [-0.15, -0.1) is 0 Å². The molecular weight excluding hydrogens is 351 g/mol. The van der Waals surface area contributed by atoms with Gasteiger partial charge in [0.05, 0.1) is 15.7 Å². The highest BCUT2D eigenvalue weighted by Gasteiger charge is 2.13. The summed E-state index contributed by atoms with van der Waals surface area (Å²) in [7, 11) is 0. The van der Waals surface area contributed by atoms with Gasteiger partial charge in [-0.1, -0.05) is 41.4 Å². The molecule has 0 unspecified atom stereocenters. The molecule has 2 rings (SSSR count). The fourth-order valence-corrected chi connectivity index (χ4v) is 2.22. The highest BCUT2D eigenvalue weighted by atomic mass is 35.5. The van der Waals surface area contributed by atoms with Gasteiger partial charge >= 0.3 is 6.61 Å². The van der Waals surface area contributed by atoms with Crippen LogP contribution < -0.4 is 14.8 Å². The Morgan fingerprint density at radius 3 is 2.39 bits per heavy atom. The zero-order chi connectivity index (χ0) is 16.8. The summed E-state index contributed by atoms with van der Waals surface area (Å²) >= 11 is 11.8. The predicted octanol–water partition coefficient (Wildman–Crippen LogP) is 4.61. The molecule has 122 valence electrons. The van der Waals surface area contributed by atoms with E-state index in [1.54, 1.807) is 24.3 Å². The quantitative estimate of drug-likeness (QED) is 0.816. The van der Waals surface area contributed by atoms with E-state index in [1.165, 1.54) is 18.2 Å². The Morgan fingerprint density at radius 2 is 1.74 bits per heavy atom. The third-order valence-electron chi connectivity index (χ3n) is 2.64. The summed E-state index contributed by atoms with van der Waals surface area (Å²) < 4.78 is 34.2. The Balaban J connectivity index is 2.00. The molecular formula is C15H11Cl2F2NO3. The maximum atomic E-state index is 12.3. The molecule has 0 aliphatic rings. The standard InChI is InChI=1S/C15H11Cl2F2NO3/c16-9-4-3-5-10(17)14(9)22-8-13(21)20-11-6-1-2-7-12(11)23-15(18)19/h1-7,15H,8H2,(H,20,21). The number of carbonyl (C=O) groups excluding carboxylic acids is 1. The summed E-state index contributed by atoms with van der Waals surface area (Å²) in [6.07, 6.45) is 0. The van der Waals surface area contributed by atoms with Gasteiger partial charge in [0, 0.05) is 0 Å². The molecule has 0 saturated carbocycles. The third-order valence-corrected chi connectivity index (χ3v) is 3.24. The van der Waals surface area contributed by atoms with E-state index in [9.17, 15) is 13.6 Å². The minimum Gasteiger partial charge on any atom is -0.481 e. The molecule has 8 heteroatoms. The van der Waals surface area contributed by atoms with Crippen molar-refractivity contribution < 1.29 is 23.0 Å². The summed E-state index contributed by atoms with van der Waals surface area (Å²) in [5, 5.41) is 2.93. The van der Waals surface area contributed by atoms with Crippen molar-refractivity contribution in [2.24, 2.45) is 0 Å². The van der Waals surface area contributed by atoms with Gasteiger partial charge in [0.2, 0.25) is 0 Å². The molecule has 0 saturated heterocycles. The van der Waals surface area contributed by atoms with E-state index in [2.05, 4.69) is 10.1 Å². The number of nitrogens with one attached hydrogen (secondary N) is 1. The number of alkyl halides is 2. The molecule has 1 N–H and O–H groups in total. The highest BCUT2D eigenvalue weighted by molar-refractivity contribution is 6.37. The van der Waals surface area contributed by atoms with Crippen molar-refractivity contribution in [1.82, 2.24) is 0 Å². The lowest BCUT2D eigenvalue weighted by Crippen LogP contribution is -2.21. The average molecular weight is 362 g/mol. The molecule has 0 heterocycles. The lowest BCUT2D eigenvalue weighted by molar-refractivity contribution is -0.118. The van der Waals surface area contributed by atoms with Crippen LogP contribution in [0.25, 0.3) is 0 Å². The molecule has 23 heavy (non-hydrogen) atoms. The number of hydrogen-bond acceptors (Lipinski definition) is 3. The van der Waals surface area contributed by atoms with Crippen LogP contribution >= 0.6 is 23.2 Å². The van der Waals surface area contributed by atoms with Crippen LogP contribution in [-0.2, 0) is 4.79 Å². The second kappa shape index (κ2) is 7.99. The van der Waals surface area contributed by atoms with Gasteiger partial charge in [-0.2, -0.15) is 8.78 Å². The molecule has 2 aromatic rings. The summed E-state index contributed by atoms with van der Waals surface area (Å²) in [5.74, 6) is -0.555. The molecule has 0 aliphatic carbocycles. The first-order valence-corrected chi connectivity index (χ1v) is 7.13. The molecule has 4 nitrogen and oxygen atoms in total. The predicted molar refractivity (Wildman–Crippen MR) is 83.7 cm³/mol. The Hall–Kier alpha value is -2.05. The number of benzene rings is 2. The van der Waals surface area contributed by atoms with Crippen molar-refractivity contribution in [3.05, 3.63) is 52.5 Å². The smallest absolute Gasteiger partial charge is 0.387 e. The van der Waals surface area contributed by atoms with Crippen LogP contribution in [0, 0.1) is 0 Å².